The first-order valence-electron chi connectivity index (χ1n) is 5.69. The number of aliphatic hydroxyl groups is 1. The molecule has 1 fully saturated rings. The number of ether oxygens (including phenoxy) is 2. The maximum absolute atomic E-state index is 11.5. The summed E-state index contributed by atoms with van der Waals surface area (Å²) in [5.41, 5.74) is -0.710. The second-order valence-electron chi connectivity index (χ2n) is 5.23. The van der Waals surface area contributed by atoms with E-state index in [9.17, 15) is 14.7 Å². The molecule has 1 aliphatic heterocycles. The molecule has 0 aliphatic carbocycles. The monoisotopic (exact) mass is 261 g/mol. The Labute approximate surface area is 105 Å². The van der Waals surface area contributed by atoms with Gasteiger partial charge in [0, 0.05) is 5.92 Å². The van der Waals surface area contributed by atoms with Crippen LogP contribution in [0.1, 0.15) is 20.8 Å². The zero-order valence-corrected chi connectivity index (χ0v) is 10.7. The first kappa shape index (κ1) is 14.7. The van der Waals surface area contributed by atoms with Crippen LogP contribution < -0.4 is 5.32 Å². The highest BCUT2D eigenvalue weighted by molar-refractivity contribution is 5.80. The van der Waals surface area contributed by atoms with Crippen molar-refractivity contribution in [2.75, 3.05) is 13.2 Å². The number of aliphatic hydroxyl groups excluding tert-OH is 1. The van der Waals surface area contributed by atoms with Crippen LogP contribution in [-0.4, -0.2) is 53.2 Å². The third-order valence-corrected chi connectivity index (χ3v) is 2.46. The van der Waals surface area contributed by atoms with Crippen LogP contribution in [0.2, 0.25) is 0 Å². The zero-order chi connectivity index (χ0) is 13.9. The van der Waals surface area contributed by atoms with Gasteiger partial charge >= 0.3 is 12.1 Å². The van der Waals surface area contributed by atoms with Crippen molar-refractivity contribution in [3.05, 3.63) is 0 Å². The summed E-state index contributed by atoms with van der Waals surface area (Å²) in [6.45, 7) is 5.19. The van der Waals surface area contributed by atoms with Gasteiger partial charge in [-0.25, -0.2) is 9.59 Å². The molecular formula is C11H19NO6. The number of hydrogen-bond donors (Lipinski definition) is 3. The first-order chi connectivity index (χ1) is 8.20. The number of aliphatic carboxylic acids is 1. The highest BCUT2D eigenvalue weighted by atomic mass is 16.6. The molecule has 1 heterocycles. The van der Waals surface area contributed by atoms with Crippen LogP contribution in [-0.2, 0) is 14.3 Å². The molecule has 1 unspecified atom stereocenters. The van der Waals surface area contributed by atoms with Crippen molar-refractivity contribution in [1.29, 1.82) is 0 Å². The van der Waals surface area contributed by atoms with Gasteiger partial charge in [-0.1, -0.05) is 0 Å². The van der Waals surface area contributed by atoms with Crippen molar-refractivity contribution in [3.8, 4) is 0 Å². The van der Waals surface area contributed by atoms with Gasteiger partial charge in [-0.3, -0.25) is 0 Å². The summed E-state index contributed by atoms with van der Waals surface area (Å²) < 4.78 is 9.95. The van der Waals surface area contributed by atoms with E-state index < -0.39 is 35.7 Å². The quantitative estimate of drug-likeness (QED) is 0.659. The molecule has 1 aliphatic rings. The highest BCUT2D eigenvalue weighted by Gasteiger charge is 2.39. The lowest BCUT2D eigenvalue weighted by Gasteiger charge is -2.25. The van der Waals surface area contributed by atoms with E-state index in [-0.39, 0.29) is 13.2 Å². The number of carbonyl (C=O) groups is 2. The summed E-state index contributed by atoms with van der Waals surface area (Å²) >= 11 is 0. The molecule has 0 bridgehead atoms. The second-order valence-corrected chi connectivity index (χ2v) is 5.23. The van der Waals surface area contributed by atoms with E-state index in [1.54, 1.807) is 20.8 Å². The maximum atomic E-state index is 11.5. The summed E-state index contributed by atoms with van der Waals surface area (Å²) in [5.74, 6) is -1.90. The van der Waals surface area contributed by atoms with E-state index in [1.807, 2.05) is 0 Å². The summed E-state index contributed by atoms with van der Waals surface area (Å²) in [5, 5.41) is 20.9. The van der Waals surface area contributed by atoms with E-state index in [4.69, 9.17) is 14.6 Å². The topological polar surface area (TPSA) is 105 Å². The summed E-state index contributed by atoms with van der Waals surface area (Å²) in [4.78, 5) is 22.6. The van der Waals surface area contributed by atoms with E-state index >= 15 is 0 Å². The van der Waals surface area contributed by atoms with Gasteiger partial charge in [-0.15, -0.1) is 0 Å². The van der Waals surface area contributed by atoms with Crippen LogP contribution in [0.4, 0.5) is 4.79 Å². The molecule has 7 nitrogen and oxygen atoms in total. The van der Waals surface area contributed by atoms with Gasteiger partial charge in [0.25, 0.3) is 0 Å². The smallest absolute Gasteiger partial charge is 0.408 e. The zero-order valence-electron chi connectivity index (χ0n) is 10.7. The Balaban J connectivity index is 2.64. The molecule has 0 aromatic carbocycles. The summed E-state index contributed by atoms with van der Waals surface area (Å²) in [7, 11) is 0. The lowest BCUT2D eigenvalue weighted by Crippen LogP contribution is -2.50. The van der Waals surface area contributed by atoms with Gasteiger partial charge in [-0.05, 0) is 20.8 Å². The Morgan fingerprint density at radius 3 is 2.39 bits per heavy atom. The van der Waals surface area contributed by atoms with Crippen LogP contribution in [0.5, 0.6) is 0 Å². The average Bonchev–Trinajstić information content (AvgIpc) is 2.57. The molecule has 3 atom stereocenters. The molecule has 18 heavy (non-hydrogen) atoms. The Kier molecular flexibility index (Phi) is 4.53. The number of hydrogen-bond acceptors (Lipinski definition) is 5. The molecule has 104 valence electrons. The van der Waals surface area contributed by atoms with Crippen molar-refractivity contribution < 1.29 is 29.3 Å². The van der Waals surface area contributed by atoms with Crippen molar-refractivity contribution in [3.63, 3.8) is 0 Å². The molecule has 1 amide bonds. The van der Waals surface area contributed by atoms with Gasteiger partial charge in [0.15, 0.2) is 0 Å². The second kappa shape index (κ2) is 5.53. The lowest BCUT2D eigenvalue weighted by atomic mass is 9.97. The fraction of sp³-hybridized carbons (Fsp3) is 0.818. The lowest BCUT2D eigenvalue weighted by molar-refractivity contribution is -0.141. The van der Waals surface area contributed by atoms with Crippen LogP contribution >= 0.6 is 0 Å². The molecule has 0 radical (unpaired) electrons. The number of rotatable bonds is 3. The molecule has 0 aromatic heterocycles. The summed E-state index contributed by atoms with van der Waals surface area (Å²) in [6.07, 6.45) is -1.73. The minimum Gasteiger partial charge on any atom is -0.480 e. The number of amides is 1. The maximum Gasteiger partial charge on any atom is 0.408 e. The molecule has 7 heteroatoms. The van der Waals surface area contributed by atoms with Crippen molar-refractivity contribution >= 4 is 12.1 Å². The molecule has 0 saturated carbocycles. The number of nitrogens with one attached hydrogen (secondary N) is 1. The van der Waals surface area contributed by atoms with Crippen molar-refractivity contribution in [1.82, 2.24) is 5.32 Å². The van der Waals surface area contributed by atoms with Crippen LogP contribution in [0.25, 0.3) is 0 Å². The fourth-order valence-electron chi connectivity index (χ4n) is 1.66. The molecule has 0 spiro atoms. The van der Waals surface area contributed by atoms with Crippen LogP contribution in [0.15, 0.2) is 0 Å². The third kappa shape index (κ3) is 4.15. The van der Waals surface area contributed by atoms with E-state index in [1.165, 1.54) is 0 Å². The Bertz CT molecular complexity index is 324. The Morgan fingerprint density at radius 2 is 2.00 bits per heavy atom. The number of carboxylic acid groups (broad SMARTS) is 1. The molecule has 1 saturated heterocycles. The van der Waals surface area contributed by atoms with E-state index in [0.717, 1.165) is 0 Å². The SMILES string of the molecule is CC(C)(C)OC(=O)NC(C(=O)O)[C@H]1COC[C@@H]1O. The third-order valence-electron chi connectivity index (χ3n) is 2.46. The standard InChI is InChI=1S/C11H19NO6/c1-11(2,3)18-10(16)12-8(9(14)15)6-4-17-5-7(6)13/h6-8,13H,4-5H2,1-3H3,(H,12,16)(H,14,15)/t6-,7-,8?/m0/s1. The number of carbonyl (C=O) groups excluding carboxylic acids is 1. The van der Waals surface area contributed by atoms with Crippen LogP contribution in [0, 0.1) is 5.92 Å². The van der Waals surface area contributed by atoms with Gasteiger partial charge < -0.3 is 25.0 Å². The predicted molar refractivity (Wildman–Crippen MR) is 61.1 cm³/mol. The molecule has 0 aromatic rings. The van der Waals surface area contributed by atoms with Gasteiger partial charge in [-0.2, -0.15) is 0 Å². The van der Waals surface area contributed by atoms with E-state index in [2.05, 4.69) is 5.32 Å². The predicted octanol–water partition coefficient (Wildman–Crippen LogP) is -0.0284. The largest absolute Gasteiger partial charge is 0.480 e. The number of alkyl carbamates (subject to hydrolysis) is 1. The highest BCUT2D eigenvalue weighted by Crippen LogP contribution is 2.18. The van der Waals surface area contributed by atoms with E-state index in [0.29, 0.717) is 0 Å². The Morgan fingerprint density at radius 1 is 1.39 bits per heavy atom. The molecular weight excluding hydrogens is 242 g/mol. The molecule has 1 rings (SSSR count). The minimum absolute atomic E-state index is 0.0739. The fourth-order valence-corrected chi connectivity index (χ4v) is 1.66. The van der Waals surface area contributed by atoms with Crippen molar-refractivity contribution in [2.24, 2.45) is 5.92 Å². The normalized spacial score (nSPS) is 25.6. The van der Waals surface area contributed by atoms with Crippen molar-refractivity contribution in [2.45, 2.75) is 38.5 Å². The average molecular weight is 261 g/mol. The van der Waals surface area contributed by atoms with Crippen LogP contribution in [0.3, 0.4) is 0 Å². The number of carboxylic acids is 1. The molecule has 3 N–H and O–H groups in total. The minimum atomic E-state index is -1.23. The first-order valence-corrected chi connectivity index (χ1v) is 5.69. The Hall–Kier alpha value is -1.34. The van der Waals surface area contributed by atoms with Gasteiger partial charge in [0.2, 0.25) is 0 Å². The van der Waals surface area contributed by atoms with Gasteiger partial charge in [0.1, 0.15) is 11.6 Å². The summed E-state index contributed by atoms with van der Waals surface area (Å²) in [6, 6.07) is -1.22. The van der Waals surface area contributed by atoms with Gasteiger partial charge in [0.05, 0.1) is 19.3 Å².